The summed E-state index contributed by atoms with van der Waals surface area (Å²) in [5.41, 5.74) is 1.53. The van der Waals surface area contributed by atoms with E-state index in [1.54, 1.807) is 12.1 Å². The van der Waals surface area contributed by atoms with Gasteiger partial charge in [0, 0.05) is 12.1 Å². The summed E-state index contributed by atoms with van der Waals surface area (Å²) in [5.74, 6) is 0.571. The molecule has 1 aromatic carbocycles. The van der Waals surface area contributed by atoms with Crippen LogP contribution in [0.25, 0.3) is 0 Å². The lowest BCUT2D eigenvalue weighted by Gasteiger charge is -2.41. The Hall–Kier alpha value is -0.890. The highest BCUT2D eigenvalue weighted by atomic mass is 19.1. The fourth-order valence-corrected chi connectivity index (χ4v) is 2.79. The molecule has 1 aliphatic heterocycles. The lowest BCUT2D eigenvalue weighted by Crippen LogP contribution is -2.47. The first-order valence-electron chi connectivity index (χ1n) is 6.94. The zero-order valence-corrected chi connectivity index (χ0v) is 11.7. The van der Waals surface area contributed by atoms with Gasteiger partial charge >= 0.3 is 0 Å². The fourth-order valence-electron chi connectivity index (χ4n) is 2.79. The van der Waals surface area contributed by atoms with E-state index in [9.17, 15) is 4.39 Å². The largest absolute Gasteiger partial charge is 0.298 e. The number of hydrogen-bond donors (Lipinski definition) is 0. The highest BCUT2D eigenvalue weighted by Gasteiger charge is 2.27. The molecule has 2 rings (SSSR count). The van der Waals surface area contributed by atoms with Gasteiger partial charge in [-0.15, -0.1) is 0 Å². The minimum atomic E-state index is -0.140. The van der Waals surface area contributed by atoms with Crippen molar-refractivity contribution in [3.63, 3.8) is 0 Å². The van der Waals surface area contributed by atoms with Crippen molar-refractivity contribution in [3.8, 4) is 0 Å². The second-order valence-corrected chi connectivity index (χ2v) is 6.46. The van der Waals surface area contributed by atoms with E-state index in [2.05, 4.69) is 25.7 Å². The van der Waals surface area contributed by atoms with Crippen molar-refractivity contribution >= 4 is 0 Å². The van der Waals surface area contributed by atoms with E-state index in [0.717, 1.165) is 6.42 Å². The molecule has 0 amide bonds. The molecule has 1 saturated heterocycles. The number of halogens is 1. The third-order valence-corrected chi connectivity index (χ3v) is 3.91. The van der Waals surface area contributed by atoms with Crippen molar-refractivity contribution in [3.05, 3.63) is 35.6 Å². The maximum Gasteiger partial charge on any atom is 0.123 e. The molecule has 1 aromatic rings. The average Bonchev–Trinajstić information content (AvgIpc) is 2.31. The van der Waals surface area contributed by atoms with Crippen LogP contribution in [0.2, 0.25) is 0 Å². The molecule has 1 heterocycles. The normalized spacial score (nSPS) is 22.1. The predicted molar refractivity (Wildman–Crippen MR) is 74.2 cm³/mol. The van der Waals surface area contributed by atoms with Crippen LogP contribution in [-0.2, 0) is 6.42 Å². The smallest absolute Gasteiger partial charge is 0.123 e. The number of piperidine rings is 1. The summed E-state index contributed by atoms with van der Waals surface area (Å²) < 4.78 is 12.9. The van der Waals surface area contributed by atoms with Gasteiger partial charge in [-0.25, -0.2) is 4.39 Å². The molecule has 1 fully saturated rings. The van der Waals surface area contributed by atoms with Crippen LogP contribution in [0.15, 0.2) is 24.3 Å². The quantitative estimate of drug-likeness (QED) is 0.769. The van der Waals surface area contributed by atoms with Gasteiger partial charge in [0.1, 0.15) is 5.82 Å². The summed E-state index contributed by atoms with van der Waals surface area (Å²) in [7, 11) is 0. The third kappa shape index (κ3) is 3.55. The van der Waals surface area contributed by atoms with Crippen molar-refractivity contribution in [2.75, 3.05) is 13.1 Å². The van der Waals surface area contributed by atoms with Gasteiger partial charge in [0.15, 0.2) is 0 Å². The second-order valence-electron chi connectivity index (χ2n) is 6.46. The van der Waals surface area contributed by atoms with E-state index in [4.69, 9.17) is 0 Å². The molecule has 0 N–H and O–H groups in total. The zero-order valence-electron chi connectivity index (χ0n) is 11.7. The maximum absolute atomic E-state index is 12.9. The van der Waals surface area contributed by atoms with Gasteiger partial charge in [-0.2, -0.15) is 0 Å². The Kier molecular flexibility index (Phi) is 4.06. The van der Waals surface area contributed by atoms with Gasteiger partial charge in [-0.1, -0.05) is 12.1 Å². The van der Waals surface area contributed by atoms with Gasteiger partial charge in [0.2, 0.25) is 0 Å². The highest BCUT2D eigenvalue weighted by molar-refractivity contribution is 5.16. The van der Waals surface area contributed by atoms with Crippen molar-refractivity contribution in [2.45, 2.75) is 45.6 Å². The first-order chi connectivity index (χ1) is 8.45. The van der Waals surface area contributed by atoms with Crippen LogP contribution in [0.5, 0.6) is 0 Å². The molecule has 2 heteroatoms. The number of rotatable bonds is 2. The van der Waals surface area contributed by atoms with Gasteiger partial charge in [-0.3, -0.25) is 4.90 Å². The maximum atomic E-state index is 12.9. The molecule has 18 heavy (non-hydrogen) atoms. The first kappa shape index (κ1) is 13.5. The molecule has 0 saturated carbocycles. The average molecular weight is 249 g/mol. The SMILES string of the molecule is CC(C)(C)N1CCC[C@H](Cc2ccc(F)cc2)C1. The Balaban J connectivity index is 1.95. The molecule has 0 aliphatic carbocycles. The van der Waals surface area contributed by atoms with Crippen LogP contribution in [0.1, 0.15) is 39.2 Å². The fraction of sp³-hybridized carbons (Fsp3) is 0.625. The van der Waals surface area contributed by atoms with Gasteiger partial charge in [-0.05, 0) is 70.2 Å². The first-order valence-corrected chi connectivity index (χ1v) is 6.94. The summed E-state index contributed by atoms with van der Waals surface area (Å²) in [5, 5.41) is 0. The van der Waals surface area contributed by atoms with Gasteiger partial charge in [0.25, 0.3) is 0 Å². The Bertz CT molecular complexity index is 377. The van der Waals surface area contributed by atoms with E-state index in [0.29, 0.717) is 5.92 Å². The summed E-state index contributed by atoms with van der Waals surface area (Å²) in [6, 6.07) is 6.98. The molecule has 0 spiro atoms. The minimum Gasteiger partial charge on any atom is -0.298 e. The number of likely N-dealkylation sites (tertiary alicyclic amines) is 1. The number of benzene rings is 1. The molecule has 100 valence electrons. The summed E-state index contributed by atoms with van der Waals surface area (Å²) in [4.78, 5) is 2.57. The lowest BCUT2D eigenvalue weighted by atomic mass is 9.89. The zero-order chi connectivity index (χ0) is 13.2. The van der Waals surface area contributed by atoms with Crippen molar-refractivity contribution in [1.29, 1.82) is 0 Å². The number of nitrogens with zero attached hydrogens (tertiary/aromatic N) is 1. The van der Waals surface area contributed by atoms with Gasteiger partial charge in [0.05, 0.1) is 0 Å². The molecule has 1 aliphatic rings. The molecule has 0 unspecified atom stereocenters. The molecular weight excluding hydrogens is 225 g/mol. The minimum absolute atomic E-state index is 0.140. The summed E-state index contributed by atoms with van der Waals surface area (Å²) in [6.45, 7) is 9.23. The lowest BCUT2D eigenvalue weighted by molar-refractivity contribution is 0.0790. The molecule has 1 atom stereocenters. The Morgan fingerprint density at radius 3 is 2.50 bits per heavy atom. The van der Waals surface area contributed by atoms with Gasteiger partial charge < -0.3 is 0 Å². The van der Waals surface area contributed by atoms with Crippen molar-refractivity contribution in [1.82, 2.24) is 4.90 Å². The Morgan fingerprint density at radius 2 is 1.89 bits per heavy atom. The summed E-state index contributed by atoms with van der Waals surface area (Å²) in [6.07, 6.45) is 3.65. The van der Waals surface area contributed by atoms with E-state index >= 15 is 0 Å². The van der Waals surface area contributed by atoms with Crippen LogP contribution in [0, 0.1) is 11.7 Å². The van der Waals surface area contributed by atoms with Crippen LogP contribution in [0.4, 0.5) is 4.39 Å². The predicted octanol–water partition coefficient (Wildman–Crippen LogP) is 3.88. The molecule has 0 aromatic heterocycles. The molecule has 0 bridgehead atoms. The summed E-state index contributed by atoms with van der Waals surface area (Å²) >= 11 is 0. The third-order valence-electron chi connectivity index (χ3n) is 3.91. The van der Waals surface area contributed by atoms with Crippen molar-refractivity contribution < 1.29 is 4.39 Å². The Morgan fingerprint density at radius 1 is 1.22 bits per heavy atom. The van der Waals surface area contributed by atoms with E-state index in [1.165, 1.54) is 31.5 Å². The number of hydrogen-bond acceptors (Lipinski definition) is 1. The van der Waals surface area contributed by atoms with Crippen molar-refractivity contribution in [2.24, 2.45) is 5.92 Å². The van der Waals surface area contributed by atoms with Crippen LogP contribution in [0.3, 0.4) is 0 Å². The topological polar surface area (TPSA) is 3.24 Å². The van der Waals surface area contributed by atoms with Crippen LogP contribution in [-0.4, -0.2) is 23.5 Å². The van der Waals surface area contributed by atoms with E-state index < -0.39 is 0 Å². The monoisotopic (exact) mass is 249 g/mol. The molecule has 0 radical (unpaired) electrons. The van der Waals surface area contributed by atoms with Crippen LogP contribution >= 0.6 is 0 Å². The standard InChI is InChI=1S/C16H24FN/c1-16(2,3)18-10-4-5-14(12-18)11-13-6-8-15(17)9-7-13/h6-9,14H,4-5,10-12H2,1-3H3/t14-/m1/s1. The molecular formula is C16H24FN. The van der Waals surface area contributed by atoms with E-state index in [-0.39, 0.29) is 11.4 Å². The molecule has 1 nitrogen and oxygen atoms in total. The highest BCUT2D eigenvalue weighted by Crippen LogP contribution is 2.26. The van der Waals surface area contributed by atoms with E-state index in [1.807, 2.05) is 12.1 Å². The Labute approximate surface area is 110 Å². The second kappa shape index (κ2) is 5.40. The van der Waals surface area contributed by atoms with Crippen LogP contribution < -0.4 is 0 Å².